The van der Waals surface area contributed by atoms with E-state index in [0.717, 1.165) is 0 Å². The lowest BCUT2D eigenvalue weighted by Crippen LogP contribution is -2.30. The Morgan fingerprint density at radius 1 is 0.806 bits per heavy atom. The van der Waals surface area contributed by atoms with Crippen LogP contribution in [0.2, 0.25) is 0 Å². The zero-order valence-electron chi connectivity index (χ0n) is 18.2. The lowest BCUT2D eigenvalue weighted by molar-refractivity contribution is -0.660. The summed E-state index contributed by atoms with van der Waals surface area (Å²) in [6.07, 6.45) is 9.16. The van der Waals surface area contributed by atoms with Crippen LogP contribution in [-0.4, -0.2) is 4.98 Å². The molecule has 6 rings (SSSR count). The SMILES string of the molecule is Cc1cc2c(cc1-c1cc(-c3ccccc3)cc[n+]1C)C1(CCCC1)c1ncccc1-2. The van der Waals surface area contributed by atoms with Crippen LogP contribution in [0.3, 0.4) is 0 Å². The summed E-state index contributed by atoms with van der Waals surface area (Å²) < 4.78 is 2.25. The number of hydrogen-bond donors (Lipinski definition) is 0. The number of nitrogens with zero attached hydrogens (tertiary/aromatic N) is 2. The van der Waals surface area contributed by atoms with Gasteiger partial charge in [0.15, 0.2) is 6.20 Å². The van der Waals surface area contributed by atoms with Crippen molar-refractivity contribution in [2.24, 2.45) is 7.05 Å². The maximum atomic E-state index is 4.91. The van der Waals surface area contributed by atoms with E-state index in [1.54, 1.807) is 0 Å². The number of hydrogen-bond acceptors (Lipinski definition) is 1. The molecule has 152 valence electrons. The second kappa shape index (κ2) is 6.88. The molecule has 2 heteroatoms. The van der Waals surface area contributed by atoms with Crippen molar-refractivity contribution in [1.29, 1.82) is 0 Å². The van der Waals surface area contributed by atoms with Crippen molar-refractivity contribution in [1.82, 2.24) is 4.98 Å². The first kappa shape index (κ1) is 18.5. The third kappa shape index (κ3) is 2.71. The molecule has 1 fully saturated rings. The van der Waals surface area contributed by atoms with Crippen molar-refractivity contribution < 1.29 is 4.57 Å². The predicted octanol–water partition coefficient (Wildman–Crippen LogP) is 6.39. The highest BCUT2D eigenvalue weighted by Crippen LogP contribution is 2.56. The summed E-state index contributed by atoms with van der Waals surface area (Å²) in [5.74, 6) is 0. The van der Waals surface area contributed by atoms with Gasteiger partial charge >= 0.3 is 0 Å². The van der Waals surface area contributed by atoms with E-state index in [1.165, 1.54) is 76.0 Å². The number of pyridine rings is 2. The van der Waals surface area contributed by atoms with Crippen LogP contribution in [0.25, 0.3) is 33.5 Å². The fourth-order valence-corrected chi connectivity index (χ4v) is 5.87. The van der Waals surface area contributed by atoms with Gasteiger partial charge in [-0.2, -0.15) is 0 Å². The molecule has 0 saturated heterocycles. The van der Waals surface area contributed by atoms with Crippen LogP contribution in [0.15, 0.2) is 79.1 Å². The first-order valence-electron chi connectivity index (χ1n) is 11.3. The fraction of sp³-hybridized carbons (Fsp3) is 0.241. The molecule has 2 aromatic carbocycles. The predicted molar refractivity (Wildman–Crippen MR) is 126 cm³/mol. The summed E-state index contributed by atoms with van der Waals surface area (Å²) in [7, 11) is 2.15. The first-order chi connectivity index (χ1) is 15.2. The molecule has 0 unspecified atom stereocenters. The van der Waals surface area contributed by atoms with E-state index < -0.39 is 0 Å². The third-order valence-electron chi connectivity index (χ3n) is 7.42. The van der Waals surface area contributed by atoms with E-state index in [-0.39, 0.29) is 5.41 Å². The van der Waals surface area contributed by atoms with Crippen molar-refractivity contribution in [2.75, 3.05) is 0 Å². The average molecular weight is 404 g/mol. The largest absolute Gasteiger partial charge is 0.260 e. The van der Waals surface area contributed by atoms with Crippen LogP contribution < -0.4 is 4.57 Å². The number of aromatic nitrogens is 2. The van der Waals surface area contributed by atoms with Gasteiger partial charge in [0.1, 0.15) is 7.05 Å². The lowest BCUT2D eigenvalue weighted by atomic mass is 9.78. The highest BCUT2D eigenvalue weighted by molar-refractivity contribution is 5.84. The maximum Gasteiger partial charge on any atom is 0.213 e. The molecule has 2 heterocycles. The molecule has 2 aliphatic carbocycles. The lowest BCUT2D eigenvalue weighted by Gasteiger charge is -2.25. The Bertz CT molecular complexity index is 1300. The van der Waals surface area contributed by atoms with E-state index in [2.05, 4.69) is 91.5 Å². The van der Waals surface area contributed by atoms with Crippen LogP contribution in [-0.2, 0) is 12.5 Å². The summed E-state index contributed by atoms with van der Waals surface area (Å²) in [6.45, 7) is 2.25. The molecule has 4 aromatic rings. The zero-order valence-corrected chi connectivity index (χ0v) is 18.2. The Hall–Kier alpha value is -3.26. The van der Waals surface area contributed by atoms with Gasteiger partial charge in [0.25, 0.3) is 0 Å². The first-order valence-corrected chi connectivity index (χ1v) is 11.3. The van der Waals surface area contributed by atoms with Gasteiger partial charge in [-0.25, -0.2) is 4.57 Å². The summed E-state index contributed by atoms with van der Waals surface area (Å²) >= 11 is 0. The molecule has 0 N–H and O–H groups in total. The standard InChI is InChI=1S/C29H27N2/c1-20-17-25-23-11-8-15-30-28(23)29(13-6-7-14-29)26(25)19-24(20)27-18-22(12-16-31(27)2)21-9-4-3-5-10-21/h3-5,8-12,15-19H,6-7,13-14H2,1-2H3/q+1. The Balaban J connectivity index is 1.56. The molecule has 0 atom stereocenters. The monoisotopic (exact) mass is 403 g/mol. The number of fused-ring (bicyclic) bond motifs is 5. The van der Waals surface area contributed by atoms with Gasteiger partial charge in [-0.15, -0.1) is 0 Å². The van der Waals surface area contributed by atoms with Crippen molar-refractivity contribution in [3.63, 3.8) is 0 Å². The van der Waals surface area contributed by atoms with Gasteiger partial charge in [0.05, 0.1) is 5.69 Å². The summed E-state index contributed by atoms with van der Waals surface area (Å²) in [4.78, 5) is 4.91. The van der Waals surface area contributed by atoms with Crippen molar-refractivity contribution in [3.05, 3.63) is 95.9 Å². The summed E-state index contributed by atoms with van der Waals surface area (Å²) in [6, 6.07) is 24.5. The van der Waals surface area contributed by atoms with Crippen LogP contribution >= 0.6 is 0 Å². The molecule has 2 aliphatic rings. The Labute approximate surface area is 184 Å². The number of benzene rings is 2. The molecular formula is C29H27N2+. The van der Waals surface area contributed by atoms with Crippen LogP contribution in [0.4, 0.5) is 0 Å². The average Bonchev–Trinajstić information content (AvgIpc) is 3.40. The molecule has 0 radical (unpaired) electrons. The van der Waals surface area contributed by atoms with E-state index >= 15 is 0 Å². The van der Waals surface area contributed by atoms with Gasteiger partial charge in [0, 0.05) is 34.9 Å². The number of rotatable bonds is 2. The smallest absolute Gasteiger partial charge is 0.213 e. The van der Waals surface area contributed by atoms with Gasteiger partial charge in [-0.3, -0.25) is 4.98 Å². The minimum absolute atomic E-state index is 0.101. The summed E-state index contributed by atoms with van der Waals surface area (Å²) in [5.41, 5.74) is 12.1. The van der Waals surface area contributed by atoms with Crippen molar-refractivity contribution in [3.8, 4) is 33.5 Å². The summed E-state index contributed by atoms with van der Waals surface area (Å²) in [5, 5.41) is 0. The van der Waals surface area contributed by atoms with Gasteiger partial charge in [0.2, 0.25) is 5.69 Å². The molecule has 2 nitrogen and oxygen atoms in total. The number of aryl methyl sites for hydroxylation is 2. The molecule has 31 heavy (non-hydrogen) atoms. The van der Waals surface area contributed by atoms with Crippen LogP contribution in [0.1, 0.15) is 42.5 Å². The molecule has 0 bridgehead atoms. The van der Waals surface area contributed by atoms with Crippen LogP contribution in [0.5, 0.6) is 0 Å². The van der Waals surface area contributed by atoms with E-state index in [1.807, 2.05) is 6.20 Å². The Morgan fingerprint density at radius 2 is 1.61 bits per heavy atom. The molecule has 2 aromatic heterocycles. The quantitative estimate of drug-likeness (QED) is 0.354. The fourth-order valence-electron chi connectivity index (χ4n) is 5.87. The van der Waals surface area contributed by atoms with Crippen molar-refractivity contribution in [2.45, 2.75) is 38.0 Å². The van der Waals surface area contributed by atoms with Crippen LogP contribution in [0, 0.1) is 6.92 Å². The highest BCUT2D eigenvalue weighted by atomic mass is 14.9. The maximum absolute atomic E-state index is 4.91. The topological polar surface area (TPSA) is 16.8 Å². The highest BCUT2D eigenvalue weighted by Gasteiger charge is 2.46. The molecular weight excluding hydrogens is 376 g/mol. The Morgan fingerprint density at radius 3 is 2.42 bits per heavy atom. The Kier molecular flexibility index (Phi) is 4.11. The van der Waals surface area contributed by atoms with E-state index in [9.17, 15) is 0 Å². The third-order valence-corrected chi connectivity index (χ3v) is 7.42. The van der Waals surface area contributed by atoms with Gasteiger partial charge in [-0.05, 0) is 59.7 Å². The zero-order chi connectivity index (χ0) is 21.0. The molecule has 0 amide bonds. The second-order valence-electron chi connectivity index (χ2n) is 9.18. The minimum Gasteiger partial charge on any atom is -0.260 e. The molecule has 0 aliphatic heterocycles. The molecule has 1 spiro atoms. The normalized spacial score (nSPS) is 15.8. The minimum atomic E-state index is 0.101. The van der Waals surface area contributed by atoms with E-state index in [0.29, 0.717) is 0 Å². The van der Waals surface area contributed by atoms with Gasteiger partial charge < -0.3 is 0 Å². The van der Waals surface area contributed by atoms with E-state index in [4.69, 9.17) is 4.98 Å². The van der Waals surface area contributed by atoms with Crippen molar-refractivity contribution >= 4 is 0 Å². The molecule has 1 saturated carbocycles. The second-order valence-corrected chi connectivity index (χ2v) is 9.18. The van der Waals surface area contributed by atoms with Gasteiger partial charge in [-0.1, -0.05) is 55.3 Å².